The highest BCUT2D eigenvalue weighted by molar-refractivity contribution is 5.75. The van der Waals surface area contributed by atoms with E-state index in [0.717, 1.165) is 0 Å². The molecule has 0 aliphatic heterocycles. The molecule has 0 rings (SSSR count). The summed E-state index contributed by atoms with van der Waals surface area (Å²) in [5.74, 6) is 1.75. The predicted molar refractivity (Wildman–Crippen MR) is 54.4 cm³/mol. The van der Waals surface area contributed by atoms with E-state index in [0.29, 0.717) is 0 Å². The lowest BCUT2D eigenvalue weighted by molar-refractivity contribution is -0.156. The molecule has 0 unspecified atom stereocenters. The molecule has 0 saturated heterocycles. The van der Waals surface area contributed by atoms with E-state index >= 15 is 0 Å². The Morgan fingerprint density at radius 2 is 2.07 bits per heavy atom. The van der Waals surface area contributed by atoms with E-state index in [1.807, 2.05) is 0 Å². The second kappa shape index (κ2) is 5.02. The highest BCUT2D eigenvalue weighted by atomic mass is 16.5. The van der Waals surface area contributed by atoms with Crippen molar-refractivity contribution in [2.75, 3.05) is 6.61 Å². The van der Waals surface area contributed by atoms with Crippen molar-refractivity contribution in [2.24, 2.45) is 11.3 Å². The van der Waals surface area contributed by atoms with Crippen molar-refractivity contribution in [1.29, 1.82) is 0 Å². The maximum atomic E-state index is 11.3. The van der Waals surface area contributed by atoms with Crippen LogP contribution in [0.4, 0.5) is 0 Å². The van der Waals surface area contributed by atoms with Crippen LogP contribution in [0.5, 0.6) is 0 Å². The average molecular weight is 198 g/mol. The van der Waals surface area contributed by atoms with E-state index in [1.165, 1.54) is 0 Å². The third-order valence-electron chi connectivity index (χ3n) is 1.84. The number of hydrogen-bond donors (Lipinski definition) is 1. The maximum Gasteiger partial charge on any atom is 0.311 e. The molecule has 3 nitrogen and oxygen atoms in total. The fourth-order valence-corrected chi connectivity index (χ4v) is 0.633. The van der Waals surface area contributed by atoms with Gasteiger partial charge in [-0.05, 0) is 27.7 Å². The first-order valence-electron chi connectivity index (χ1n) is 4.60. The minimum absolute atomic E-state index is 0.0402. The molecule has 2 atom stereocenters. The number of esters is 1. The second-order valence-corrected chi connectivity index (χ2v) is 4.37. The zero-order chi connectivity index (χ0) is 11.4. The third kappa shape index (κ3) is 4.29. The van der Waals surface area contributed by atoms with Gasteiger partial charge in [-0.1, -0.05) is 0 Å². The molecular weight excluding hydrogens is 180 g/mol. The number of aliphatic hydroxyl groups is 1. The molecule has 0 aromatic heterocycles. The van der Waals surface area contributed by atoms with Gasteiger partial charge in [-0.15, -0.1) is 12.3 Å². The molecule has 3 heteroatoms. The number of carbonyl (C=O) groups is 1. The number of hydrogen-bond acceptors (Lipinski definition) is 3. The van der Waals surface area contributed by atoms with Crippen molar-refractivity contribution in [2.45, 2.75) is 33.8 Å². The number of rotatable bonds is 3. The Kier molecular flexibility index (Phi) is 4.65. The summed E-state index contributed by atoms with van der Waals surface area (Å²) in [4.78, 5) is 11.3. The van der Waals surface area contributed by atoms with Crippen LogP contribution in [0.3, 0.4) is 0 Å². The predicted octanol–water partition coefficient (Wildman–Crippen LogP) is 1.21. The number of carbonyl (C=O) groups excluding carboxylic acids is 1. The molecule has 80 valence electrons. The molecule has 0 heterocycles. The summed E-state index contributed by atoms with van der Waals surface area (Å²) in [5.41, 5.74) is -0.543. The highest BCUT2D eigenvalue weighted by Crippen LogP contribution is 2.15. The molecule has 0 aromatic carbocycles. The molecule has 0 aromatic rings. The lowest BCUT2D eigenvalue weighted by Crippen LogP contribution is -2.29. The topological polar surface area (TPSA) is 46.5 Å². The van der Waals surface area contributed by atoms with Crippen LogP contribution in [-0.4, -0.2) is 23.8 Å². The van der Waals surface area contributed by atoms with Crippen molar-refractivity contribution in [1.82, 2.24) is 0 Å². The SMILES string of the molecule is C#C[C@H](C)[C@@H](O)COC(=O)C(C)(C)C. The molecule has 1 N–H and O–H groups in total. The van der Waals surface area contributed by atoms with Gasteiger partial charge >= 0.3 is 5.97 Å². The number of aliphatic hydroxyl groups excluding tert-OH is 1. The first-order valence-corrected chi connectivity index (χ1v) is 4.60. The van der Waals surface area contributed by atoms with E-state index in [9.17, 15) is 9.90 Å². The van der Waals surface area contributed by atoms with E-state index in [1.54, 1.807) is 27.7 Å². The molecule has 0 radical (unpaired) electrons. The van der Waals surface area contributed by atoms with Crippen LogP contribution in [-0.2, 0) is 9.53 Å². The summed E-state index contributed by atoms with van der Waals surface area (Å²) in [6.45, 7) is 6.93. The van der Waals surface area contributed by atoms with Crippen LogP contribution >= 0.6 is 0 Å². The second-order valence-electron chi connectivity index (χ2n) is 4.37. The van der Waals surface area contributed by atoms with Gasteiger partial charge in [-0.2, -0.15) is 0 Å². The monoisotopic (exact) mass is 198 g/mol. The number of terminal acetylenes is 1. The summed E-state index contributed by atoms with van der Waals surface area (Å²) in [7, 11) is 0. The van der Waals surface area contributed by atoms with Crippen molar-refractivity contribution >= 4 is 5.97 Å². The summed E-state index contributed by atoms with van der Waals surface area (Å²) in [5, 5.41) is 9.41. The van der Waals surface area contributed by atoms with Gasteiger partial charge in [0.05, 0.1) is 5.41 Å². The lowest BCUT2D eigenvalue weighted by atomic mass is 9.97. The van der Waals surface area contributed by atoms with Crippen LogP contribution in [0.15, 0.2) is 0 Å². The Bertz CT molecular complexity index is 232. The highest BCUT2D eigenvalue weighted by Gasteiger charge is 2.24. The normalized spacial score (nSPS) is 15.4. The minimum Gasteiger partial charge on any atom is -0.462 e. The average Bonchev–Trinajstić information content (AvgIpc) is 2.10. The smallest absolute Gasteiger partial charge is 0.311 e. The molecule has 0 saturated carbocycles. The van der Waals surface area contributed by atoms with Crippen molar-refractivity contribution in [3.8, 4) is 12.3 Å². The van der Waals surface area contributed by atoms with Gasteiger partial charge in [-0.3, -0.25) is 4.79 Å². The summed E-state index contributed by atoms with van der Waals surface area (Å²) >= 11 is 0. The van der Waals surface area contributed by atoms with Crippen molar-refractivity contribution < 1.29 is 14.6 Å². The molecule has 0 spiro atoms. The van der Waals surface area contributed by atoms with E-state index in [-0.39, 0.29) is 18.5 Å². The molecular formula is C11H18O3. The largest absolute Gasteiger partial charge is 0.462 e. The van der Waals surface area contributed by atoms with Gasteiger partial charge in [0, 0.05) is 5.92 Å². The molecule has 14 heavy (non-hydrogen) atoms. The molecule has 0 aliphatic rings. The van der Waals surface area contributed by atoms with E-state index < -0.39 is 11.5 Å². The van der Waals surface area contributed by atoms with Gasteiger partial charge in [-0.25, -0.2) is 0 Å². The quantitative estimate of drug-likeness (QED) is 0.547. The standard InChI is InChI=1S/C11H18O3/c1-6-8(2)9(12)7-14-10(13)11(3,4)5/h1,8-9,12H,7H2,2-5H3/t8-,9-/m0/s1. The first-order chi connectivity index (χ1) is 6.29. The molecule has 0 bridgehead atoms. The Morgan fingerprint density at radius 3 is 2.43 bits per heavy atom. The Morgan fingerprint density at radius 1 is 1.57 bits per heavy atom. The lowest BCUT2D eigenvalue weighted by Gasteiger charge is -2.19. The van der Waals surface area contributed by atoms with Crippen molar-refractivity contribution in [3.05, 3.63) is 0 Å². The summed E-state index contributed by atoms with van der Waals surface area (Å²) in [6, 6.07) is 0. The summed E-state index contributed by atoms with van der Waals surface area (Å²) < 4.78 is 4.91. The Labute approximate surface area is 85.5 Å². The van der Waals surface area contributed by atoms with Gasteiger partial charge in [0.1, 0.15) is 12.7 Å². The first kappa shape index (κ1) is 13.0. The Hall–Kier alpha value is -1.01. The van der Waals surface area contributed by atoms with E-state index in [2.05, 4.69) is 5.92 Å². The molecule has 0 aliphatic carbocycles. The molecule has 0 amide bonds. The van der Waals surface area contributed by atoms with Crippen LogP contribution in [0.25, 0.3) is 0 Å². The fraction of sp³-hybridized carbons (Fsp3) is 0.727. The van der Waals surface area contributed by atoms with Crippen LogP contribution in [0.2, 0.25) is 0 Å². The zero-order valence-electron chi connectivity index (χ0n) is 9.20. The van der Waals surface area contributed by atoms with Crippen molar-refractivity contribution in [3.63, 3.8) is 0 Å². The van der Waals surface area contributed by atoms with Gasteiger partial charge in [0.25, 0.3) is 0 Å². The Balaban J connectivity index is 3.97. The van der Waals surface area contributed by atoms with Crippen LogP contribution < -0.4 is 0 Å². The maximum absolute atomic E-state index is 11.3. The zero-order valence-corrected chi connectivity index (χ0v) is 9.20. The fourth-order valence-electron chi connectivity index (χ4n) is 0.633. The summed E-state index contributed by atoms with van der Waals surface area (Å²) in [6.07, 6.45) is 4.33. The number of ether oxygens (including phenoxy) is 1. The van der Waals surface area contributed by atoms with E-state index in [4.69, 9.17) is 11.2 Å². The van der Waals surface area contributed by atoms with Crippen LogP contribution in [0.1, 0.15) is 27.7 Å². The molecule has 0 fully saturated rings. The van der Waals surface area contributed by atoms with Gasteiger partial charge in [0.15, 0.2) is 0 Å². The van der Waals surface area contributed by atoms with Gasteiger partial charge in [0.2, 0.25) is 0 Å². The minimum atomic E-state index is -0.786. The van der Waals surface area contributed by atoms with Crippen LogP contribution in [0, 0.1) is 23.7 Å². The van der Waals surface area contributed by atoms with Gasteiger partial charge < -0.3 is 9.84 Å². The third-order valence-corrected chi connectivity index (χ3v) is 1.84.